The average Bonchev–Trinajstić information content (AvgIpc) is 2.57. The van der Waals surface area contributed by atoms with Gasteiger partial charge in [0.25, 0.3) is 0 Å². The maximum absolute atomic E-state index is 12.6. The smallest absolute Gasteiger partial charge is 0.227 e. The second kappa shape index (κ2) is 8.36. The predicted octanol–water partition coefficient (Wildman–Crippen LogP) is 4.19. The van der Waals surface area contributed by atoms with Gasteiger partial charge in [-0.25, -0.2) is 0 Å². The fourth-order valence-electron chi connectivity index (χ4n) is 2.38. The zero-order valence-electron chi connectivity index (χ0n) is 13.1. The third-order valence-electron chi connectivity index (χ3n) is 3.60. The first kappa shape index (κ1) is 17.1. The minimum absolute atomic E-state index is 0.0595. The normalized spacial score (nSPS) is 10.1. The van der Waals surface area contributed by atoms with Crippen LogP contribution in [-0.4, -0.2) is 17.4 Å². The predicted molar refractivity (Wildman–Crippen MR) is 92.0 cm³/mol. The lowest BCUT2D eigenvalue weighted by Crippen LogP contribution is -2.32. The topological polar surface area (TPSA) is 44.1 Å². The molecule has 3 nitrogen and oxygen atoms in total. The van der Waals surface area contributed by atoms with Crippen LogP contribution in [0.1, 0.15) is 30.0 Å². The van der Waals surface area contributed by atoms with Crippen LogP contribution in [0, 0.1) is 11.3 Å². The zero-order chi connectivity index (χ0) is 16.7. The minimum atomic E-state index is 0.0595. The Morgan fingerprint density at radius 1 is 1.17 bits per heavy atom. The Balaban J connectivity index is 2.09. The van der Waals surface area contributed by atoms with Crippen LogP contribution >= 0.6 is 11.6 Å². The highest BCUT2D eigenvalue weighted by molar-refractivity contribution is 6.31. The lowest BCUT2D eigenvalue weighted by Gasteiger charge is -2.22. The maximum atomic E-state index is 12.6. The highest BCUT2D eigenvalue weighted by atomic mass is 35.5. The van der Waals surface area contributed by atoms with Gasteiger partial charge in [0.05, 0.1) is 18.1 Å². The minimum Gasteiger partial charge on any atom is -0.338 e. The van der Waals surface area contributed by atoms with Crippen LogP contribution < -0.4 is 0 Å². The third kappa shape index (κ3) is 4.84. The highest BCUT2D eigenvalue weighted by Gasteiger charge is 2.15. The van der Waals surface area contributed by atoms with Gasteiger partial charge >= 0.3 is 0 Å². The van der Waals surface area contributed by atoms with E-state index >= 15 is 0 Å². The first-order valence-electron chi connectivity index (χ1n) is 7.64. The van der Waals surface area contributed by atoms with E-state index in [1.165, 1.54) is 0 Å². The lowest BCUT2D eigenvalue weighted by atomic mass is 10.1. The van der Waals surface area contributed by atoms with E-state index in [9.17, 15) is 4.79 Å². The second-order valence-electron chi connectivity index (χ2n) is 5.39. The molecular weight excluding hydrogens is 308 g/mol. The molecule has 0 aliphatic carbocycles. The van der Waals surface area contributed by atoms with Crippen molar-refractivity contribution < 1.29 is 4.79 Å². The van der Waals surface area contributed by atoms with Gasteiger partial charge in [-0.1, -0.05) is 48.9 Å². The molecule has 23 heavy (non-hydrogen) atoms. The van der Waals surface area contributed by atoms with Crippen LogP contribution in [0.15, 0.2) is 48.5 Å². The summed E-state index contributed by atoms with van der Waals surface area (Å²) >= 11 is 6.14. The van der Waals surface area contributed by atoms with Gasteiger partial charge in [0.1, 0.15) is 0 Å². The van der Waals surface area contributed by atoms with E-state index in [0.717, 1.165) is 17.5 Å². The molecule has 0 fully saturated rings. The molecule has 0 unspecified atom stereocenters. The summed E-state index contributed by atoms with van der Waals surface area (Å²) in [6.07, 6.45) is 1.19. The molecule has 118 valence electrons. The van der Waals surface area contributed by atoms with Crippen molar-refractivity contribution in [3.8, 4) is 6.07 Å². The summed E-state index contributed by atoms with van der Waals surface area (Å²) in [5.41, 5.74) is 2.49. The molecule has 1 amide bonds. The molecule has 0 aliphatic rings. The van der Waals surface area contributed by atoms with E-state index < -0.39 is 0 Å². The molecule has 0 aliphatic heterocycles. The Hall–Kier alpha value is -2.31. The fraction of sp³-hybridized carbons (Fsp3) is 0.263. The van der Waals surface area contributed by atoms with Crippen molar-refractivity contribution in [2.45, 2.75) is 26.3 Å². The first-order valence-corrected chi connectivity index (χ1v) is 8.02. The van der Waals surface area contributed by atoms with Gasteiger partial charge in [0.2, 0.25) is 5.91 Å². The second-order valence-corrected chi connectivity index (χ2v) is 5.80. The maximum Gasteiger partial charge on any atom is 0.227 e. The molecule has 2 rings (SSSR count). The van der Waals surface area contributed by atoms with Crippen LogP contribution in [0.3, 0.4) is 0 Å². The SMILES string of the molecule is CCCN(Cc1ccc(C#N)cc1)C(=O)Cc1ccccc1Cl. The highest BCUT2D eigenvalue weighted by Crippen LogP contribution is 2.17. The molecular formula is C19H19ClN2O. The van der Waals surface area contributed by atoms with Crippen LogP contribution in [0.4, 0.5) is 0 Å². The molecule has 0 bridgehead atoms. The molecule has 0 saturated carbocycles. The average molecular weight is 327 g/mol. The molecule has 0 saturated heterocycles. The van der Waals surface area contributed by atoms with Crippen LogP contribution in [0.2, 0.25) is 5.02 Å². The molecule has 2 aromatic rings. The van der Waals surface area contributed by atoms with E-state index in [-0.39, 0.29) is 5.91 Å². The van der Waals surface area contributed by atoms with Gasteiger partial charge in [0, 0.05) is 18.1 Å². The molecule has 0 aromatic heterocycles. The summed E-state index contributed by atoms with van der Waals surface area (Å²) < 4.78 is 0. The summed E-state index contributed by atoms with van der Waals surface area (Å²) in [4.78, 5) is 14.4. The fourth-order valence-corrected chi connectivity index (χ4v) is 2.59. The number of rotatable bonds is 6. The van der Waals surface area contributed by atoms with Gasteiger partial charge < -0.3 is 4.90 Å². The Kier molecular flexibility index (Phi) is 6.19. The summed E-state index contributed by atoms with van der Waals surface area (Å²) in [6, 6.07) is 16.9. The van der Waals surface area contributed by atoms with Crippen molar-refractivity contribution in [1.29, 1.82) is 5.26 Å². The molecule has 0 atom stereocenters. The largest absolute Gasteiger partial charge is 0.338 e. The van der Waals surface area contributed by atoms with Crippen LogP contribution in [0.25, 0.3) is 0 Å². The van der Waals surface area contributed by atoms with Crippen molar-refractivity contribution in [3.05, 3.63) is 70.2 Å². The Morgan fingerprint density at radius 3 is 2.48 bits per heavy atom. The summed E-state index contributed by atoms with van der Waals surface area (Å²) in [5.74, 6) is 0.0595. The standard InChI is InChI=1S/C19H19ClN2O/c1-2-11-22(14-16-9-7-15(13-21)8-10-16)19(23)12-17-5-3-4-6-18(17)20/h3-10H,2,11-12,14H2,1H3. The number of hydrogen-bond donors (Lipinski definition) is 0. The van der Waals surface area contributed by atoms with Crippen LogP contribution in [0.5, 0.6) is 0 Å². The Morgan fingerprint density at radius 2 is 1.87 bits per heavy atom. The zero-order valence-corrected chi connectivity index (χ0v) is 13.9. The van der Waals surface area contributed by atoms with E-state index in [2.05, 4.69) is 13.0 Å². The third-order valence-corrected chi connectivity index (χ3v) is 3.97. The monoisotopic (exact) mass is 326 g/mol. The van der Waals surface area contributed by atoms with E-state index in [0.29, 0.717) is 30.1 Å². The lowest BCUT2D eigenvalue weighted by molar-refractivity contribution is -0.131. The van der Waals surface area contributed by atoms with E-state index in [4.69, 9.17) is 16.9 Å². The summed E-state index contributed by atoms with van der Waals surface area (Å²) in [6.45, 7) is 3.29. The number of nitrogens with zero attached hydrogens (tertiary/aromatic N) is 2. The molecule has 0 heterocycles. The molecule has 0 spiro atoms. The summed E-state index contributed by atoms with van der Waals surface area (Å²) in [5, 5.41) is 9.47. The number of carbonyl (C=O) groups is 1. The van der Waals surface area contributed by atoms with Crippen molar-refractivity contribution in [2.24, 2.45) is 0 Å². The molecule has 2 aromatic carbocycles. The molecule has 4 heteroatoms. The Labute approximate surface area is 142 Å². The number of amides is 1. The van der Waals surface area contributed by atoms with E-state index in [1.54, 1.807) is 18.2 Å². The molecule has 0 N–H and O–H groups in total. The quantitative estimate of drug-likeness (QED) is 0.798. The number of halogens is 1. The Bertz CT molecular complexity index is 704. The van der Waals surface area contributed by atoms with Gasteiger partial charge in [-0.3, -0.25) is 4.79 Å². The van der Waals surface area contributed by atoms with Gasteiger partial charge in [0.15, 0.2) is 0 Å². The number of carbonyl (C=O) groups excluding carboxylic acids is 1. The first-order chi connectivity index (χ1) is 11.1. The van der Waals surface area contributed by atoms with Crippen molar-refractivity contribution >= 4 is 17.5 Å². The van der Waals surface area contributed by atoms with Gasteiger partial charge in [-0.2, -0.15) is 5.26 Å². The van der Waals surface area contributed by atoms with Gasteiger partial charge in [-0.15, -0.1) is 0 Å². The molecule has 0 radical (unpaired) electrons. The number of benzene rings is 2. The van der Waals surface area contributed by atoms with Gasteiger partial charge in [-0.05, 0) is 35.7 Å². The number of hydrogen-bond acceptors (Lipinski definition) is 2. The van der Waals surface area contributed by atoms with E-state index in [1.807, 2.05) is 35.2 Å². The van der Waals surface area contributed by atoms with Crippen LogP contribution in [-0.2, 0) is 17.8 Å². The van der Waals surface area contributed by atoms with Crippen molar-refractivity contribution in [1.82, 2.24) is 4.90 Å². The number of nitriles is 1. The summed E-state index contributed by atoms with van der Waals surface area (Å²) in [7, 11) is 0. The van der Waals surface area contributed by atoms with Crippen molar-refractivity contribution in [3.63, 3.8) is 0 Å². The van der Waals surface area contributed by atoms with Crippen molar-refractivity contribution in [2.75, 3.05) is 6.54 Å².